The van der Waals surface area contributed by atoms with Crippen molar-refractivity contribution in [2.45, 2.75) is 24.9 Å². The Labute approximate surface area is 187 Å². The molecule has 0 atom stereocenters. The molecule has 0 aliphatic rings. The maximum atomic E-state index is 13.7. The summed E-state index contributed by atoms with van der Waals surface area (Å²) in [6.45, 7) is 1.75. The molecule has 162 valence electrons. The Morgan fingerprint density at radius 2 is 1.91 bits per heavy atom. The number of furan rings is 1. The summed E-state index contributed by atoms with van der Waals surface area (Å²) >= 11 is 0.953. The standard InChI is InChI=1S/C22H18N4O4S2/c1-14-5-2-6-15-11-16(22(27)23-20(14)15)12-26(13-17-7-4-10-30-17)32(28,29)19-9-3-8-18-21(19)25-31-24-18/h2-11H,12-13H2,1H3,(H,23,27). The van der Waals surface area contributed by atoms with Gasteiger partial charge in [-0.25, -0.2) is 8.42 Å². The zero-order valence-electron chi connectivity index (χ0n) is 17.0. The molecule has 5 aromatic rings. The Morgan fingerprint density at radius 1 is 1.06 bits per heavy atom. The first-order chi connectivity index (χ1) is 15.4. The van der Waals surface area contributed by atoms with Gasteiger partial charge in [0.2, 0.25) is 10.0 Å². The number of benzene rings is 2. The summed E-state index contributed by atoms with van der Waals surface area (Å²) in [4.78, 5) is 15.8. The lowest BCUT2D eigenvalue weighted by atomic mass is 10.1. The van der Waals surface area contributed by atoms with Crippen molar-refractivity contribution < 1.29 is 12.8 Å². The third kappa shape index (κ3) is 3.62. The molecular formula is C22H18N4O4S2. The van der Waals surface area contributed by atoms with Gasteiger partial charge in [-0.2, -0.15) is 13.1 Å². The molecule has 0 fully saturated rings. The van der Waals surface area contributed by atoms with Crippen LogP contribution in [0.5, 0.6) is 0 Å². The number of aromatic amines is 1. The Morgan fingerprint density at radius 3 is 2.72 bits per heavy atom. The zero-order chi connectivity index (χ0) is 22.3. The molecule has 0 saturated carbocycles. The van der Waals surface area contributed by atoms with Crippen molar-refractivity contribution in [2.75, 3.05) is 0 Å². The van der Waals surface area contributed by atoms with Crippen LogP contribution in [0.25, 0.3) is 21.9 Å². The number of fused-ring (bicyclic) bond motifs is 2. The van der Waals surface area contributed by atoms with Crippen LogP contribution >= 0.6 is 11.7 Å². The highest BCUT2D eigenvalue weighted by Crippen LogP contribution is 2.27. The van der Waals surface area contributed by atoms with Crippen LogP contribution in [0.1, 0.15) is 16.9 Å². The maximum Gasteiger partial charge on any atom is 0.252 e. The van der Waals surface area contributed by atoms with Gasteiger partial charge in [0, 0.05) is 12.1 Å². The van der Waals surface area contributed by atoms with Crippen LogP contribution in [-0.4, -0.2) is 26.5 Å². The number of rotatable bonds is 6. The summed E-state index contributed by atoms with van der Waals surface area (Å²) in [5.41, 5.74) is 2.49. The minimum absolute atomic E-state index is 0.0332. The van der Waals surface area contributed by atoms with E-state index in [1.165, 1.54) is 16.6 Å². The number of aryl methyl sites for hydroxylation is 1. The molecule has 5 rings (SSSR count). The summed E-state index contributed by atoms with van der Waals surface area (Å²) in [6, 6.07) is 15.7. The van der Waals surface area contributed by atoms with Crippen molar-refractivity contribution in [3.63, 3.8) is 0 Å². The van der Waals surface area contributed by atoms with Crippen LogP contribution in [0.2, 0.25) is 0 Å². The van der Waals surface area contributed by atoms with Crippen molar-refractivity contribution in [1.82, 2.24) is 18.0 Å². The average molecular weight is 467 g/mol. The SMILES string of the molecule is Cc1cccc2cc(CN(Cc3ccco3)S(=O)(=O)c3cccc4nsnc34)c(=O)[nH]c12. The number of hydrogen-bond donors (Lipinski definition) is 1. The number of para-hydroxylation sites is 1. The van der Waals surface area contributed by atoms with E-state index in [1.807, 2.05) is 25.1 Å². The van der Waals surface area contributed by atoms with E-state index in [4.69, 9.17) is 4.42 Å². The normalized spacial score (nSPS) is 12.2. The van der Waals surface area contributed by atoms with E-state index in [2.05, 4.69) is 13.7 Å². The van der Waals surface area contributed by atoms with Crippen molar-refractivity contribution in [3.8, 4) is 0 Å². The number of H-pyrrole nitrogens is 1. The van der Waals surface area contributed by atoms with E-state index in [9.17, 15) is 13.2 Å². The first-order valence-electron chi connectivity index (χ1n) is 9.79. The predicted molar refractivity (Wildman–Crippen MR) is 122 cm³/mol. The molecule has 3 heterocycles. The van der Waals surface area contributed by atoms with Gasteiger partial charge in [0.15, 0.2) is 0 Å². The lowest BCUT2D eigenvalue weighted by Gasteiger charge is -2.21. The Kier molecular flexibility index (Phi) is 5.12. The molecule has 32 heavy (non-hydrogen) atoms. The molecule has 0 radical (unpaired) electrons. The van der Waals surface area contributed by atoms with Gasteiger partial charge in [-0.1, -0.05) is 24.3 Å². The van der Waals surface area contributed by atoms with E-state index in [0.29, 0.717) is 22.4 Å². The first kappa shape index (κ1) is 20.6. The zero-order valence-corrected chi connectivity index (χ0v) is 18.6. The molecule has 0 spiro atoms. The third-order valence-electron chi connectivity index (χ3n) is 5.29. The van der Waals surface area contributed by atoms with Gasteiger partial charge in [-0.15, -0.1) is 0 Å². The van der Waals surface area contributed by atoms with Gasteiger partial charge in [-0.05, 0) is 48.2 Å². The minimum atomic E-state index is -4.03. The van der Waals surface area contributed by atoms with Gasteiger partial charge in [-0.3, -0.25) is 4.79 Å². The van der Waals surface area contributed by atoms with Crippen LogP contribution in [-0.2, 0) is 23.1 Å². The quantitative estimate of drug-likeness (QED) is 0.407. The van der Waals surface area contributed by atoms with Gasteiger partial charge < -0.3 is 9.40 Å². The molecule has 0 saturated heterocycles. The Bertz CT molecular complexity index is 1590. The van der Waals surface area contributed by atoms with Gasteiger partial charge in [0.1, 0.15) is 21.7 Å². The second kappa shape index (κ2) is 7.97. The van der Waals surface area contributed by atoms with Crippen LogP contribution in [0, 0.1) is 6.92 Å². The second-order valence-corrected chi connectivity index (χ2v) is 9.84. The summed E-state index contributed by atoms with van der Waals surface area (Å²) in [6.07, 6.45) is 1.48. The van der Waals surface area contributed by atoms with E-state index in [-0.39, 0.29) is 23.5 Å². The fourth-order valence-corrected chi connectivity index (χ4v) is 5.80. The second-order valence-electron chi connectivity index (χ2n) is 7.40. The number of sulfonamides is 1. The minimum Gasteiger partial charge on any atom is -0.468 e. The van der Waals surface area contributed by atoms with E-state index in [1.54, 1.807) is 30.3 Å². The van der Waals surface area contributed by atoms with Gasteiger partial charge in [0.05, 0.1) is 30.1 Å². The molecule has 8 nitrogen and oxygen atoms in total. The smallest absolute Gasteiger partial charge is 0.252 e. The summed E-state index contributed by atoms with van der Waals surface area (Å²) in [5, 5.41) is 0.834. The molecule has 0 bridgehead atoms. The van der Waals surface area contributed by atoms with E-state index in [0.717, 1.165) is 28.2 Å². The third-order valence-corrected chi connectivity index (χ3v) is 7.66. The van der Waals surface area contributed by atoms with Crippen LogP contribution in [0.4, 0.5) is 0 Å². The van der Waals surface area contributed by atoms with Crippen molar-refractivity contribution in [2.24, 2.45) is 0 Å². The van der Waals surface area contributed by atoms with Gasteiger partial charge >= 0.3 is 0 Å². The van der Waals surface area contributed by atoms with Crippen LogP contribution in [0.15, 0.2) is 75.0 Å². The monoisotopic (exact) mass is 466 g/mol. The average Bonchev–Trinajstić information content (AvgIpc) is 3.46. The summed E-state index contributed by atoms with van der Waals surface area (Å²) in [7, 11) is -4.03. The number of nitrogens with zero attached hydrogens (tertiary/aromatic N) is 3. The van der Waals surface area contributed by atoms with E-state index < -0.39 is 10.0 Å². The van der Waals surface area contributed by atoms with Crippen LogP contribution < -0.4 is 5.56 Å². The molecular weight excluding hydrogens is 448 g/mol. The van der Waals surface area contributed by atoms with Crippen molar-refractivity contribution in [1.29, 1.82) is 0 Å². The molecule has 1 N–H and O–H groups in total. The number of hydrogen-bond acceptors (Lipinski definition) is 7. The molecule has 0 aliphatic carbocycles. The first-order valence-corrected chi connectivity index (χ1v) is 12.0. The van der Waals surface area contributed by atoms with E-state index >= 15 is 0 Å². The highest BCUT2D eigenvalue weighted by atomic mass is 32.2. The maximum absolute atomic E-state index is 13.7. The van der Waals surface area contributed by atoms with Crippen molar-refractivity contribution >= 4 is 43.7 Å². The number of nitrogens with one attached hydrogen (secondary N) is 1. The molecule has 10 heteroatoms. The lowest BCUT2D eigenvalue weighted by Crippen LogP contribution is -2.32. The molecule has 2 aromatic carbocycles. The molecule has 0 unspecified atom stereocenters. The molecule has 0 aliphatic heterocycles. The summed E-state index contributed by atoms with van der Waals surface area (Å²) in [5.74, 6) is 0.463. The largest absolute Gasteiger partial charge is 0.468 e. The van der Waals surface area contributed by atoms with Crippen LogP contribution in [0.3, 0.4) is 0 Å². The lowest BCUT2D eigenvalue weighted by molar-refractivity contribution is 0.358. The predicted octanol–water partition coefficient (Wildman–Crippen LogP) is 3.83. The number of pyridine rings is 1. The fraction of sp³-hybridized carbons (Fsp3) is 0.136. The number of aromatic nitrogens is 3. The fourth-order valence-electron chi connectivity index (χ4n) is 3.67. The van der Waals surface area contributed by atoms with Crippen molar-refractivity contribution in [3.05, 3.63) is 88.1 Å². The topological polar surface area (TPSA) is 109 Å². The molecule has 3 aromatic heterocycles. The Balaban J connectivity index is 1.62. The van der Waals surface area contributed by atoms with Gasteiger partial charge in [0.25, 0.3) is 5.56 Å². The highest BCUT2D eigenvalue weighted by Gasteiger charge is 2.29. The highest BCUT2D eigenvalue weighted by molar-refractivity contribution is 7.89. The Hall–Kier alpha value is -3.34. The summed E-state index contributed by atoms with van der Waals surface area (Å²) < 4.78 is 42.4. The molecule has 0 amide bonds.